The van der Waals surface area contributed by atoms with Gasteiger partial charge in [0.2, 0.25) is 0 Å². The van der Waals surface area contributed by atoms with Crippen molar-refractivity contribution in [3.63, 3.8) is 0 Å². The molecule has 0 saturated heterocycles. The van der Waals surface area contributed by atoms with Crippen LogP contribution in [0, 0.1) is 0 Å². The van der Waals surface area contributed by atoms with Crippen LogP contribution in [0.5, 0.6) is 0 Å². The lowest BCUT2D eigenvalue weighted by atomic mass is 10.1. The Morgan fingerprint density at radius 1 is 1.10 bits per heavy atom. The average molecular weight is 286 g/mol. The first kappa shape index (κ1) is 12.7. The van der Waals surface area contributed by atoms with Crippen molar-refractivity contribution in [2.24, 2.45) is 0 Å². The molecule has 2 aromatic carbocycles. The Kier molecular flexibility index (Phi) is 3.39. The monoisotopic (exact) mass is 285 g/mol. The Balaban J connectivity index is 1.90. The summed E-state index contributed by atoms with van der Waals surface area (Å²) in [4.78, 5) is 11.6. The second kappa shape index (κ2) is 5.35. The molecule has 0 saturated carbocycles. The Labute approximate surface area is 120 Å². The summed E-state index contributed by atoms with van der Waals surface area (Å²) in [5.74, 6) is 0. The summed E-state index contributed by atoms with van der Waals surface area (Å²) in [5.41, 5.74) is 1.84. The topological polar surface area (TPSA) is 57.8 Å². The molecule has 0 bridgehead atoms. The number of anilines is 1. The molecular weight excluding hydrogens is 274 g/mol. The van der Waals surface area contributed by atoms with Crippen molar-refractivity contribution in [1.29, 1.82) is 0 Å². The van der Waals surface area contributed by atoms with Gasteiger partial charge >= 0.3 is 0 Å². The van der Waals surface area contributed by atoms with E-state index in [4.69, 9.17) is 11.6 Å². The molecule has 20 heavy (non-hydrogen) atoms. The molecule has 0 amide bonds. The van der Waals surface area contributed by atoms with Gasteiger partial charge in [-0.05, 0) is 23.8 Å². The van der Waals surface area contributed by atoms with Crippen molar-refractivity contribution in [3.05, 3.63) is 69.6 Å². The number of nitrogens with zero attached hydrogens (tertiary/aromatic N) is 1. The maximum absolute atomic E-state index is 11.6. The van der Waals surface area contributed by atoms with E-state index < -0.39 is 0 Å². The van der Waals surface area contributed by atoms with Crippen LogP contribution in [0.3, 0.4) is 0 Å². The number of halogens is 1. The average Bonchev–Trinajstić information content (AvgIpc) is 2.50. The molecule has 3 aromatic rings. The maximum Gasteiger partial charge on any atom is 0.272 e. The van der Waals surface area contributed by atoms with E-state index >= 15 is 0 Å². The zero-order chi connectivity index (χ0) is 13.9. The maximum atomic E-state index is 11.6. The molecule has 0 aliphatic heterocycles. The summed E-state index contributed by atoms with van der Waals surface area (Å²) >= 11 is 6.01. The highest BCUT2D eigenvalue weighted by atomic mass is 35.5. The van der Waals surface area contributed by atoms with E-state index in [0.29, 0.717) is 22.5 Å². The van der Waals surface area contributed by atoms with Gasteiger partial charge < -0.3 is 5.32 Å². The number of hydrogen-bond acceptors (Lipinski definition) is 3. The van der Waals surface area contributed by atoms with Gasteiger partial charge in [0.15, 0.2) is 5.15 Å². The number of nitrogens with one attached hydrogen (secondary N) is 2. The summed E-state index contributed by atoms with van der Waals surface area (Å²) in [6.07, 6.45) is 0. The van der Waals surface area contributed by atoms with E-state index in [1.807, 2.05) is 42.5 Å². The lowest BCUT2D eigenvalue weighted by molar-refractivity contribution is 1.01. The fourth-order valence-corrected chi connectivity index (χ4v) is 2.24. The normalized spacial score (nSPS) is 10.7. The van der Waals surface area contributed by atoms with Crippen LogP contribution >= 0.6 is 11.6 Å². The van der Waals surface area contributed by atoms with Crippen LogP contribution in [0.4, 0.5) is 5.69 Å². The second-order valence-corrected chi connectivity index (χ2v) is 4.80. The Morgan fingerprint density at radius 2 is 1.90 bits per heavy atom. The van der Waals surface area contributed by atoms with Crippen molar-refractivity contribution in [2.75, 3.05) is 5.32 Å². The second-order valence-electron chi connectivity index (χ2n) is 4.44. The molecule has 0 radical (unpaired) electrons. The number of aromatic amines is 1. The summed E-state index contributed by atoms with van der Waals surface area (Å²) in [7, 11) is 0. The lowest BCUT2D eigenvalue weighted by Crippen LogP contribution is -2.08. The quantitative estimate of drug-likeness (QED) is 0.777. The highest BCUT2D eigenvalue weighted by Gasteiger charge is 2.05. The van der Waals surface area contributed by atoms with Gasteiger partial charge in [0.05, 0.1) is 5.39 Å². The predicted molar refractivity (Wildman–Crippen MR) is 81.1 cm³/mol. The predicted octanol–water partition coefficient (Wildman–Crippen LogP) is 3.19. The molecule has 0 unspecified atom stereocenters. The van der Waals surface area contributed by atoms with Gasteiger partial charge in [-0.25, -0.2) is 5.10 Å². The summed E-state index contributed by atoms with van der Waals surface area (Å²) < 4.78 is 0. The fourth-order valence-electron chi connectivity index (χ4n) is 2.04. The third kappa shape index (κ3) is 2.51. The molecule has 0 aliphatic rings. The molecule has 4 nitrogen and oxygen atoms in total. The number of aromatic nitrogens is 2. The van der Waals surface area contributed by atoms with Gasteiger partial charge in [-0.1, -0.05) is 41.9 Å². The standard InChI is InChI=1S/C15H12ClN3O/c16-14-13-8-11(6-7-12(13)15(20)19-18-14)17-9-10-4-2-1-3-5-10/h1-8,17H,9H2,(H,19,20). The van der Waals surface area contributed by atoms with E-state index in [2.05, 4.69) is 15.5 Å². The third-order valence-corrected chi connectivity index (χ3v) is 3.37. The van der Waals surface area contributed by atoms with Crippen molar-refractivity contribution in [1.82, 2.24) is 10.2 Å². The first-order valence-electron chi connectivity index (χ1n) is 6.20. The third-order valence-electron chi connectivity index (χ3n) is 3.08. The number of hydrogen-bond donors (Lipinski definition) is 2. The number of benzene rings is 2. The van der Waals surface area contributed by atoms with Crippen LogP contribution in [-0.2, 0) is 6.54 Å². The Hall–Kier alpha value is -2.33. The van der Waals surface area contributed by atoms with Gasteiger partial charge in [-0.15, -0.1) is 0 Å². The van der Waals surface area contributed by atoms with Crippen molar-refractivity contribution >= 4 is 28.1 Å². The van der Waals surface area contributed by atoms with Gasteiger partial charge in [0.25, 0.3) is 5.56 Å². The molecule has 0 spiro atoms. The van der Waals surface area contributed by atoms with Crippen LogP contribution in [-0.4, -0.2) is 10.2 Å². The molecule has 1 heterocycles. The molecule has 3 rings (SSSR count). The van der Waals surface area contributed by atoms with E-state index in [0.717, 1.165) is 5.69 Å². The van der Waals surface area contributed by atoms with Crippen molar-refractivity contribution < 1.29 is 0 Å². The number of H-pyrrole nitrogens is 1. The summed E-state index contributed by atoms with van der Waals surface area (Å²) in [6, 6.07) is 15.5. The fraction of sp³-hybridized carbons (Fsp3) is 0.0667. The zero-order valence-corrected chi connectivity index (χ0v) is 11.3. The highest BCUT2D eigenvalue weighted by molar-refractivity contribution is 6.34. The van der Waals surface area contributed by atoms with Crippen LogP contribution < -0.4 is 10.9 Å². The van der Waals surface area contributed by atoms with E-state index in [1.54, 1.807) is 6.07 Å². The molecule has 0 atom stereocenters. The molecular formula is C15H12ClN3O. The minimum absolute atomic E-state index is 0.237. The molecule has 0 fully saturated rings. The van der Waals surface area contributed by atoms with Gasteiger partial charge in [-0.3, -0.25) is 4.79 Å². The summed E-state index contributed by atoms with van der Waals surface area (Å²) in [6.45, 7) is 0.709. The number of rotatable bonds is 3. The molecule has 2 N–H and O–H groups in total. The van der Waals surface area contributed by atoms with Crippen LogP contribution in [0.2, 0.25) is 5.15 Å². The zero-order valence-electron chi connectivity index (χ0n) is 10.6. The molecule has 0 aliphatic carbocycles. The van der Waals surface area contributed by atoms with E-state index in [-0.39, 0.29) is 5.56 Å². The largest absolute Gasteiger partial charge is 0.381 e. The first-order valence-corrected chi connectivity index (χ1v) is 6.57. The van der Waals surface area contributed by atoms with E-state index in [1.165, 1.54) is 5.56 Å². The van der Waals surface area contributed by atoms with Crippen LogP contribution in [0.15, 0.2) is 53.3 Å². The van der Waals surface area contributed by atoms with Crippen LogP contribution in [0.25, 0.3) is 10.8 Å². The van der Waals surface area contributed by atoms with Gasteiger partial charge in [-0.2, -0.15) is 5.10 Å². The smallest absolute Gasteiger partial charge is 0.272 e. The van der Waals surface area contributed by atoms with Crippen LogP contribution in [0.1, 0.15) is 5.56 Å². The summed E-state index contributed by atoms with van der Waals surface area (Å²) in [5, 5.41) is 10.9. The highest BCUT2D eigenvalue weighted by Crippen LogP contribution is 2.22. The molecule has 5 heteroatoms. The SMILES string of the molecule is O=c1[nH]nc(Cl)c2cc(NCc3ccccc3)ccc12. The number of fused-ring (bicyclic) bond motifs is 1. The Bertz CT molecular complexity index is 799. The molecule has 100 valence electrons. The minimum atomic E-state index is -0.237. The van der Waals surface area contributed by atoms with Gasteiger partial charge in [0, 0.05) is 17.6 Å². The Morgan fingerprint density at radius 3 is 2.70 bits per heavy atom. The first-order chi connectivity index (χ1) is 9.74. The van der Waals surface area contributed by atoms with Crippen molar-refractivity contribution in [3.8, 4) is 0 Å². The minimum Gasteiger partial charge on any atom is -0.381 e. The van der Waals surface area contributed by atoms with Crippen molar-refractivity contribution in [2.45, 2.75) is 6.54 Å². The van der Waals surface area contributed by atoms with Gasteiger partial charge in [0.1, 0.15) is 0 Å². The molecule has 1 aromatic heterocycles. The lowest BCUT2D eigenvalue weighted by Gasteiger charge is -2.08. The van der Waals surface area contributed by atoms with E-state index in [9.17, 15) is 4.79 Å².